The number of hydrogen-bond donors (Lipinski definition) is 3. The van der Waals surface area contributed by atoms with E-state index in [0.29, 0.717) is 34.9 Å². The third-order valence-electron chi connectivity index (χ3n) is 4.72. The Hall–Kier alpha value is -2.56. The number of benzene rings is 2. The molecule has 0 saturated carbocycles. The first-order valence-electron chi connectivity index (χ1n) is 8.94. The monoisotopic (exact) mass is 434 g/mol. The summed E-state index contributed by atoms with van der Waals surface area (Å²) < 4.78 is 27.0. The van der Waals surface area contributed by atoms with Gasteiger partial charge >= 0.3 is 0 Å². The van der Waals surface area contributed by atoms with Gasteiger partial charge in [0.25, 0.3) is 5.91 Å². The number of thiol groups is 1. The van der Waals surface area contributed by atoms with Gasteiger partial charge in [0.15, 0.2) is 0 Å². The van der Waals surface area contributed by atoms with Crippen molar-refractivity contribution in [1.29, 1.82) is 0 Å². The first-order valence-corrected chi connectivity index (χ1v) is 10.8. The van der Waals surface area contributed by atoms with Crippen molar-refractivity contribution in [1.82, 2.24) is 9.21 Å². The Kier molecular flexibility index (Phi) is 6.15. The molecule has 1 fully saturated rings. The smallest absolute Gasteiger partial charge is 0.255 e. The molecule has 29 heavy (non-hydrogen) atoms. The third kappa shape index (κ3) is 4.72. The Bertz CT molecular complexity index is 1030. The number of nitrogen functional groups attached to an aromatic ring is 1. The molecule has 0 radical (unpaired) electrons. The number of nitrogens with two attached hydrogens (primary N) is 1. The molecule has 1 aliphatic rings. The van der Waals surface area contributed by atoms with Crippen LogP contribution in [-0.2, 0) is 14.8 Å². The molecule has 1 saturated heterocycles. The number of carbonyl (C=O) groups excluding carboxylic acids is 2. The van der Waals surface area contributed by atoms with Crippen LogP contribution in [-0.4, -0.2) is 55.6 Å². The van der Waals surface area contributed by atoms with Gasteiger partial charge in [0.1, 0.15) is 0 Å². The summed E-state index contributed by atoms with van der Waals surface area (Å²) in [5.74, 6) is -0.422. The van der Waals surface area contributed by atoms with Gasteiger partial charge < -0.3 is 16.0 Å². The van der Waals surface area contributed by atoms with E-state index < -0.39 is 10.0 Å². The number of nitrogens with zero attached hydrogens (tertiary/aromatic N) is 2. The lowest BCUT2D eigenvalue weighted by Gasteiger charge is -2.33. The van der Waals surface area contributed by atoms with Gasteiger partial charge in [-0.15, -0.1) is 12.6 Å². The molecule has 10 heteroatoms. The van der Waals surface area contributed by atoms with Crippen molar-refractivity contribution < 1.29 is 18.0 Å². The molecule has 154 valence electrons. The highest BCUT2D eigenvalue weighted by Gasteiger charge is 2.29. The van der Waals surface area contributed by atoms with Crippen LogP contribution in [0, 0.1) is 0 Å². The Morgan fingerprint density at radius 2 is 1.66 bits per heavy atom. The quantitative estimate of drug-likeness (QED) is 0.500. The average Bonchev–Trinajstić information content (AvgIpc) is 2.70. The fraction of sp³-hybridized carbons (Fsp3) is 0.263. The Morgan fingerprint density at radius 3 is 2.21 bits per heavy atom. The lowest BCUT2D eigenvalue weighted by molar-refractivity contribution is -0.129. The molecule has 2 aromatic carbocycles. The van der Waals surface area contributed by atoms with Crippen LogP contribution in [0.1, 0.15) is 17.3 Å². The van der Waals surface area contributed by atoms with E-state index in [1.54, 1.807) is 17.0 Å². The van der Waals surface area contributed by atoms with Crippen LogP contribution in [0.15, 0.2) is 52.3 Å². The van der Waals surface area contributed by atoms with Crippen molar-refractivity contribution in [2.45, 2.75) is 16.7 Å². The third-order valence-corrected chi connectivity index (χ3v) is 7.04. The molecule has 0 aliphatic carbocycles. The van der Waals surface area contributed by atoms with E-state index in [-0.39, 0.29) is 29.8 Å². The molecule has 8 nitrogen and oxygen atoms in total. The second kappa shape index (κ2) is 8.44. The minimum absolute atomic E-state index is 0.0621. The summed E-state index contributed by atoms with van der Waals surface area (Å²) in [6.45, 7) is 2.72. The molecule has 0 aromatic heterocycles. The number of amides is 2. The van der Waals surface area contributed by atoms with Crippen molar-refractivity contribution in [2.75, 3.05) is 37.2 Å². The number of piperazine rings is 1. The number of rotatable bonds is 4. The molecule has 0 bridgehead atoms. The van der Waals surface area contributed by atoms with E-state index in [4.69, 9.17) is 5.73 Å². The summed E-state index contributed by atoms with van der Waals surface area (Å²) in [6.07, 6.45) is 0. The van der Waals surface area contributed by atoms with Crippen molar-refractivity contribution in [3.63, 3.8) is 0 Å². The molecule has 3 rings (SSSR count). The first kappa shape index (κ1) is 21.2. The summed E-state index contributed by atoms with van der Waals surface area (Å²) in [7, 11) is -3.66. The molecule has 3 N–H and O–H groups in total. The van der Waals surface area contributed by atoms with Crippen LogP contribution < -0.4 is 11.1 Å². The van der Waals surface area contributed by atoms with E-state index in [9.17, 15) is 18.0 Å². The van der Waals surface area contributed by atoms with Crippen molar-refractivity contribution >= 4 is 45.8 Å². The molecular weight excluding hydrogens is 412 g/mol. The molecule has 0 atom stereocenters. The van der Waals surface area contributed by atoms with E-state index in [2.05, 4.69) is 17.9 Å². The average molecular weight is 435 g/mol. The fourth-order valence-corrected chi connectivity index (χ4v) is 4.56. The van der Waals surface area contributed by atoms with Crippen molar-refractivity contribution in [3.8, 4) is 0 Å². The summed E-state index contributed by atoms with van der Waals surface area (Å²) in [5, 5.41) is 2.71. The zero-order chi connectivity index (χ0) is 21.2. The molecule has 1 aliphatic heterocycles. The van der Waals surface area contributed by atoms with E-state index >= 15 is 0 Å². The predicted molar refractivity (Wildman–Crippen MR) is 114 cm³/mol. The van der Waals surface area contributed by atoms with Crippen LogP contribution in [0.5, 0.6) is 0 Å². The second-order valence-electron chi connectivity index (χ2n) is 6.66. The van der Waals surface area contributed by atoms with Crippen LogP contribution in [0.3, 0.4) is 0 Å². The zero-order valence-corrected chi connectivity index (χ0v) is 17.5. The maximum Gasteiger partial charge on any atom is 0.255 e. The molecule has 2 amide bonds. The largest absolute Gasteiger partial charge is 0.398 e. The molecule has 1 heterocycles. The minimum atomic E-state index is -3.66. The van der Waals surface area contributed by atoms with Gasteiger partial charge in [-0.1, -0.05) is 0 Å². The van der Waals surface area contributed by atoms with Crippen LogP contribution in [0.4, 0.5) is 11.4 Å². The first-order chi connectivity index (χ1) is 13.7. The summed E-state index contributed by atoms with van der Waals surface area (Å²) in [5.41, 5.74) is 7.00. The Balaban J connectivity index is 1.68. The number of anilines is 2. The lowest BCUT2D eigenvalue weighted by atomic mass is 10.2. The number of sulfonamides is 1. The van der Waals surface area contributed by atoms with Gasteiger partial charge in [-0.25, -0.2) is 8.42 Å². The molecular formula is C19H22N4O4S2. The minimum Gasteiger partial charge on any atom is -0.398 e. The lowest BCUT2D eigenvalue weighted by Crippen LogP contribution is -2.49. The van der Waals surface area contributed by atoms with Gasteiger partial charge in [-0.2, -0.15) is 4.31 Å². The highest BCUT2D eigenvalue weighted by atomic mass is 32.2. The molecule has 2 aromatic rings. The van der Waals surface area contributed by atoms with Crippen LogP contribution in [0.2, 0.25) is 0 Å². The van der Waals surface area contributed by atoms with E-state index in [1.165, 1.54) is 41.6 Å². The Morgan fingerprint density at radius 1 is 1.03 bits per heavy atom. The number of carbonyl (C=O) groups is 2. The maximum absolute atomic E-state index is 12.8. The highest BCUT2D eigenvalue weighted by molar-refractivity contribution is 7.89. The van der Waals surface area contributed by atoms with Gasteiger partial charge in [-0.05, 0) is 42.5 Å². The molecule has 0 unspecified atom stereocenters. The van der Waals surface area contributed by atoms with Gasteiger partial charge in [-0.3, -0.25) is 9.59 Å². The summed E-state index contributed by atoms with van der Waals surface area (Å²) >= 11 is 4.17. The summed E-state index contributed by atoms with van der Waals surface area (Å²) in [4.78, 5) is 26.1. The number of hydrogen-bond acceptors (Lipinski definition) is 6. The second-order valence-corrected chi connectivity index (χ2v) is 9.08. The van der Waals surface area contributed by atoms with Gasteiger partial charge in [0.2, 0.25) is 15.9 Å². The van der Waals surface area contributed by atoms with Gasteiger partial charge in [0.05, 0.1) is 4.90 Å². The standard InChI is InChI=1S/C19H22N4O4S2/c1-13(24)22-8-10-23(11-9-22)29(26,27)16-5-3-15(4-6-16)21-19(25)14-2-7-18(28)17(20)12-14/h2-7,12,28H,8-11,20H2,1H3,(H,21,25). The number of nitrogens with one attached hydrogen (secondary N) is 1. The summed E-state index contributed by atoms with van der Waals surface area (Å²) in [6, 6.07) is 10.7. The van der Waals surface area contributed by atoms with Gasteiger partial charge in [0, 0.05) is 54.9 Å². The van der Waals surface area contributed by atoms with Crippen LogP contribution in [0.25, 0.3) is 0 Å². The molecule has 0 spiro atoms. The van der Waals surface area contributed by atoms with Crippen LogP contribution >= 0.6 is 12.6 Å². The van der Waals surface area contributed by atoms with E-state index in [1.807, 2.05) is 0 Å². The Labute approximate surface area is 175 Å². The topological polar surface area (TPSA) is 113 Å². The highest BCUT2D eigenvalue weighted by Crippen LogP contribution is 2.22. The predicted octanol–water partition coefficient (Wildman–Crippen LogP) is 1.66. The fourth-order valence-electron chi connectivity index (χ4n) is 3.00. The van der Waals surface area contributed by atoms with E-state index in [0.717, 1.165) is 0 Å². The maximum atomic E-state index is 12.8. The zero-order valence-electron chi connectivity index (χ0n) is 15.8. The van der Waals surface area contributed by atoms with Crippen molar-refractivity contribution in [3.05, 3.63) is 48.0 Å². The SMILES string of the molecule is CC(=O)N1CCN(S(=O)(=O)c2ccc(NC(=O)c3ccc(S)c(N)c3)cc2)CC1. The normalized spacial score (nSPS) is 15.2. The van der Waals surface area contributed by atoms with Crippen molar-refractivity contribution in [2.24, 2.45) is 0 Å².